The lowest BCUT2D eigenvalue weighted by molar-refractivity contribution is 0.590. The fraction of sp³-hybridized carbons (Fsp3) is 0.250. The van der Waals surface area contributed by atoms with Gasteiger partial charge in [0.25, 0.3) is 0 Å². The maximum Gasteiger partial charge on any atom is 0.0453 e. The Labute approximate surface area is 113 Å². The highest BCUT2D eigenvalue weighted by Crippen LogP contribution is 2.32. The maximum atomic E-state index is 8.60. The summed E-state index contributed by atoms with van der Waals surface area (Å²) in [5, 5.41) is 3.73. The van der Waals surface area contributed by atoms with Gasteiger partial charge in [-0.2, -0.15) is 0 Å². The molecule has 3 heteroatoms. The fourth-order valence-electron chi connectivity index (χ4n) is 2.00. The fourth-order valence-corrected chi connectivity index (χ4v) is 2.00. The summed E-state index contributed by atoms with van der Waals surface area (Å²) in [4.78, 5) is 2.87. The molecule has 0 heterocycles. The highest BCUT2D eigenvalue weighted by molar-refractivity contribution is 5.75. The highest BCUT2D eigenvalue weighted by atomic mass is 15.1. The molecular formula is C16H17N3. The molecular weight excluding hydrogens is 234 g/mol. The third-order valence-electron chi connectivity index (χ3n) is 3.12. The first kappa shape index (κ1) is 13.2. The van der Waals surface area contributed by atoms with E-state index in [0.29, 0.717) is 5.69 Å². The average molecular weight is 251 g/mol. The second-order valence-electron chi connectivity index (χ2n) is 5.53. The minimum absolute atomic E-state index is 0.142. The second kappa shape index (κ2) is 5.17. The first-order chi connectivity index (χ1) is 9.02. The van der Waals surface area contributed by atoms with E-state index in [1.807, 2.05) is 24.3 Å². The third kappa shape index (κ3) is 2.95. The van der Waals surface area contributed by atoms with Gasteiger partial charge in [-0.3, -0.25) is 0 Å². The molecule has 2 aromatic rings. The highest BCUT2D eigenvalue weighted by Gasteiger charge is 2.13. The molecule has 2 aromatic carbocycles. The Kier molecular flexibility index (Phi) is 3.59. The Morgan fingerprint density at radius 1 is 0.947 bits per heavy atom. The van der Waals surface area contributed by atoms with Crippen molar-refractivity contribution in [2.24, 2.45) is 5.11 Å². The number of benzene rings is 2. The topological polar surface area (TPSA) is 48.8 Å². The van der Waals surface area contributed by atoms with Crippen LogP contribution in [0.4, 0.5) is 5.69 Å². The number of nitrogens with zero attached hydrogens (tertiary/aromatic N) is 3. The van der Waals surface area contributed by atoms with Gasteiger partial charge in [0.2, 0.25) is 0 Å². The van der Waals surface area contributed by atoms with Crippen LogP contribution in [-0.4, -0.2) is 0 Å². The van der Waals surface area contributed by atoms with E-state index in [2.05, 4.69) is 55.1 Å². The summed E-state index contributed by atoms with van der Waals surface area (Å²) in [7, 11) is 0. The number of azide groups is 1. The second-order valence-corrected chi connectivity index (χ2v) is 5.53. The number of hydrogen-bond acceptors (Lipinski definition) is 1. The van der Waals surface area contributed by atoms with E-state index in [-0.39, 0.29) is 5.41 Å². The van der Waals surface area contributed by atoms with Crippen molar-refractivity contribution < 1.29 is 0 Å². The standard InChI is InChI=1S/C16H17N3/c1-16(2,3)13-10-8-12(9-11-13)14-6-4-5-7-15(14)18-19-17/h4-11H,1-3H3. The predicted molar refractivity (Wildman–Crippen MR) is 79.4 cm³/mol. The largest absolute Gasteiger partial charge is 0.0618 e. The molecule has 0 aliphatic rings. The van der Waals surface area contributed by atoms with Crippen LogP contribution in [0.1, 0.15) is 26.3 Å². The lowest BCUT2D eigenvalue weighted by Gasteiger charge is -2.19. The molecule has 0 amide bonds. The minimum atomic E-state index is 0.142. The summed E-state index contributed by atoms with van der Waals surface area (Å²) in [6.07, 6.45) is 0. The van der Waals surface area contributed by atoms with E-state index in [9.17, 15) is 0 Å². The first-order valence-electron chi connectivity index (χ1n) is 6.27. The number of rotatable bonds is 2. The van der Waals surface area contributed by atoms with E-state index < -0.39 is 0 Å². The molecule has 0 unspecified atom stereocenters. The summed E-state index contributed by atoms with van der Waals surface area (Å²) < 4.78 is 0. The lowest BCUT2D eigenvalue weighted by Crippen LogP contribution is -2.10. The van der Waals surface area contributed by atoms with Gasteiger partial charge in [0.15, 0.2) is 0 Å². The monoisotopic (exact) mass is 251 g/mol. The maximum absolute atomic E-state index is 8.60. The minimum Gasteiger partial charge on any atom is -0.0618 e. The predicted octanol–water partition coefficient (Wildman–Crippen LogP) is 5.59. The van der Waals surface area contributed by atoms with Crippen LogP contribution in [0.15, 0.2) is 53.6 Å². The molecule has 0 spiro atoms. The van der Waals surface area contributed by atoms with Crippen molar-refractivity contribution in [1.29, 1.82) is 0 Å². The van der Waals surface area contributed by atoms with Crippen molar-refractivity contribution in [2.45, 2.75) is 26.2 Å². The van der Waals surface area contributed by atoms with E-state index in [4.69, 9.17) is 5.53 Å². The van der Waals surface area contributed by atoms with Crippen molar-refractivity contribution >= 4 is 5.69 Å². The Morgan fingerprint density at radius 3 is 2.16 bits per heavy atom. The van der Waals surface area contributed by atoms with Gasteiger partial charge in [-0.25, -0.2) is 0 Å². The summed E-state index contributed by atoms with van der Waals surface area (Å²) in [5.74, 6) is 0. The van der Waals surface area contributed by atoms with E-state index >= 15 is 0 Å². The van der Waals surface area contributed by atoms with Crippen molar-refractivity contribution in [1.82, 2.24) is 0 Å². The molecule has 0 aliphatic heterocycles. The zero-order valence-electron chi connectivity index (χ0n) is 11.5. The van der Waals surface area contributed by atoms with Crippen molar-refractivity contribution in [3.8, 4) is 11.1 Å². The quantitative estimate of drug-likeness (QED) is 0.379. The molecule has 0 saturated carbocycles. The van der Waals surface area contributed by atoms with Crippen LogP contribution in [-0.2, 0) is 5.41 Å². The Morgan fingerprint density at radius 2 is 1.58 bits per heavy atom. The van der Waals surface area contributed by atoms with Crippen molar-refractivity contribution in [3.63, 3.8) is 0 Å². The van der Waals surface area contributed by atoms with Gasteiger partial charge in [0.05, 0.1) is 0 Å². The molecule has 96 valence electrons. The zero-order valence-corrected chi connectivity index (χ0v) is 11.5. The van der Waals surface area contributed by atoms with Gasteiger partial charge >= 0.3 is 0 Å². The van der Waals surface area contributed by atoms with Crippen LogP contribution in [0, 0.1) is 0 Å². The zero-order chi connectivity index (χ0) is 13.9. The van der Waals surface area contributed by atoms with Gasteiger partial charge in [-0.05, 0) is 27.6 Å². The normalized spacial score (nSPS) is 10.9. The molecule has 0 fully saturated rings. The molecule has 0 atom stereocenters. The third-order valence-corrected chi connectivity index (χ3v) is 3.12. The smallest absolute Gasteiger partial charge is 0.0453 e. The van der Waals surface area contributed by atoms with Gasteiger partial charge in [-0.15, -0.1) is 0 Å². The molecule has 2 rings (SSSR count). The van der Waals surface area contributed by atoms with E-state index in [1.165, 1.54) is 5.56 Å². The Balaban J connectivity index is 2.46. The SMILES string of the molecule is CC(C)(C)c1ccc(-c2ccccc2N=[N+]=[N-])cc1. The van der Waals surface area contributed by atoms with Crippen LogP contribution >= 0.6 is 0 Å². The molecule has 0 aromatic heterocycles. The molecule has 0 aliphatic carbocycles. The number of hydrogen-bond donors (Lipinski definition) is 0. The van der Waals surface area contributed by atoms with E-state index in [1.54, 1.807) is 0 Å². The Bertz CT molecular complexity index is 615. The van der Waals surface area contributed by atoms with Crippen molar-refractivity contribution in [3.05, 3.63) is 64.5 Å². The summed E-state index contributed by atoms with van der Waals surface area (Å²) in [6.45, 7) is 6.57. The molecule has 0 N–H and O–H groups in total. The molecule has 0 radical (unpaired) electrons. The Hall–Kier alpha value is -2.25. The molecule has 3 nitrogen and oxygen atoms in total. The summed E-state index contributed by atoms with van der Waals surface area (Å²) in [6, 6.07) is 16.0. The van der Waals surface area contributed by atoms with Crippen LogP contribution in [0.25, 0.3) is 21.6 Å². The van der Waals surface area contributed by atoms with Crippen LogP contribution in [0.2, 0.25) is 0 Å². The van der Waals surface area contributed by atoms with Crippen LogP contribution < -0.4 is 0 Å². The van der Waals surface area contributed by atoms with E-state index in [0.717, 1.165) is 11.1 Å². The van der Waals surface area contributed by atoms with Crippen LogP contribution in [0.3, 0.4) is 0 Å². The first-order valence-corrected chi connectivity index (χ1v) is 6.27. The molecule has 0 saturated heterocycles. The van der Waals surface area contributed by atoms with Gasteiger partial charge < -0.3 is 0 Å². The average Bonchev–Trinajstić information content (AvgIpc) is 2.39. The summed E-state index contributed by atoms with van der Waals surface area (Å²) >= 11 is 0. The van der Waals surface area contributed by atoms with Gasteiger partial charge in [0, 0.05) is 10.6 Å². The van der Waals surface area contributed by atoms with Gasteiger partial charge in [-0.1, -0.05) is 74.4 Å². The van der Waals surface area contributed by atoms with Gasteiger partial charge in [0.1, 0.15) is 0 Å². The van der Waals surface area contributed by atoms with Crippen LogP contribution in [0.5, 0.6) is 0 Å². The van der Waals surface area contributed by atoms with Crippen molar-refractivity contribution in [2.75, 3.05) is 0 Å². The summed E-state index contributed by atoms with van der Waals surface area (Å²) in [5.41, 5.74) is 12.7. The molecule has 0 bridgehead atoms. The molecule has 19 heavy (non-hydrogen) atoms. The lowest BCUT2D eigenvalue weighted by atomic mass is 9.86.